The van der Waals surface area contributed by atoms with Crippen molar-refractivity contribution in [3.63, 3.8) is 0 Å². The summed E-state index contributed by atoms with van der Waals surface area (Å²) in [5, 5.41) is 17.5. The molecule has 0 aliphatic carbocycles. The predicted molar refractivity (Wildman–Crippen MR) is 98.4 cm³/mol. The summed E-state index contributed by atoms with van der Waals surface area (Å²) in [4.78, 5) is 6.08. The standard InChI is InChI=1S/C17H26N6S/c1-2-18-17(19-10-9-14-7-6-12-24-14)20-13-16-22-21-15-8-4-3-5-11-23(15)16/h6-7,12H,2-5,8-11,13H2,1H3,(H2,18,19,20). The molecule has 1 aliphatic heterocycles. The first kappa shape index (κ1) is 17.0. The van der Waals surface area contributed by atoms with Crippen LogP contribution in [-0.4, -0.2) is 33.8 Å². The number of aryl methyl sites for hydroxylation is 1. The van der Waals surface area contributed by atoms with Crippen LogP contribution in [0, 0.1) is 0 Å². The van der Waals surface area contributed by atoms with Gasteiger partial charge in [0.15, 0.2) is 11.8 Å². The lowest BCUT2D eigenvalue weighted by molar-refractivity contribution is 0.605. The van der Waals surface area contributed by atoms with E-state index in [0.29, 0.717) is 6.54 Å². The van der Waals surface area contributed by atoms with Gasteiger partial charge in [0.05, 0.1) is 0 Å². The molecule has 6 nitrogen and oxygen atoms in total. The Balaban J connectivity index is 1.58. The molecule has 0 bridgehead atoms. The van der Waals surface area contributed by atoms with Gasteiger partial charge in [-0.25, -0.2) is 4.99 Å². The van der Waals surface area contributed by atoms with E-state index in [1.54, 1.807) is 11.3 Å². The first-order chi connectivity index (χ1) is 11.9. The van der Waals surface area contributed by atoms with Crippen molar-refractivity contribution in [1.29, 1.82) is 0 Å². The first-order valence-electron chi connectivity index (χ1n) is 8.82. The van der Waals surface area contributed by atoms with Gasteiger partial charge in [0.2, 0.25) is 0 Å². The molecule has 0 spiro atoms. The van der Waals surface area contributed by atoms with Gasteiger partial charge in [0, 0.05) is 30.9 Å². The summed E-state index contributed by atoms with van der Waals surface area (Å²) in [5.41, 5.74) is 0. The molecule has 0 saturated heterocycles. The van der Waals surface area contributed by atoms with Crippen LogP contribution in [0.15, 0.2) is 22.5 Å². The number of nitrogens with zero attached hydrogens (tertiary/aromatic N) is 4. The minimum Gasteiger partial charge on any atom is -0.357 e. The molecule has 2 N–H and O–H groups in total. The molecule has 0 atom stereocenters. The molecule has 3 heterocycles. The van der Waals surface area contributed by atoms with Crippen molar-refractivity contribution in [2.24, 2.45) is 4.99 Å². The van der Waals surface area contributed by atoms with Crippen molar-refractivity contribution in [1.82, 2.24) is 25.4 Å². The summed E-state index contributed by atoms with van der Waals surface area (Å²) in [6.07, 6.45) is 5.76. The highest BCUT2D eigenvalue weighted by atomic mass is 32.1. The fourth-order valence-electron chi connectivity index (χ4n) is 2.91. The smallest absolute Gasteiger partial charge is 0.191 e. The number of guanidine groups is 1. The van der Waals surface area contributed by atoms with Crippen molar-refractivity contribution in [3.05, 3.63) is 34.0 Å². The van der Waals surface area contributed by atoms with Gasteiger partial charge in [-0.05, 0) is 37.6 Å². The monoisotopic (exact) mass is 346 g/mol. The van der Waals surface area contributed by atoms with E-state index in [4.69, 9.17) is 0 Å². The van der Waals surface area contributed by atoms with Crippen LogP contribution in [0.5, 0.6) is 0 Å². The molecule has 0 amide bonds. The number of fused-ring (bicyclic) bond motifs is 1. The molecule has 0 fully saturated rings. The summed E-state index contributed by atoms with van der Waals surface area (Å²) >= 11 is 1.79. The van der Waals surface area contributed by atoms with Crippen molar-refractivity contribution >= 4 is 17.3 Å². The van der Waals surface area contributed by atoms with Gasteiger partial charge in [-0.2, -0.15) is 0 Å². The van der Waals surface area contributed by atoms with Crippen LogP contribution < -0.4 is 10.6 Å². The third-order valence-electron chi connectivity index (χ3n) is 4.15. The number of rotatable bonds is 6. The van der Waals surface area contributed by atoms with E-state index >= 15 is 0 Å². The maximum atomic E-state index is 4.69. The molecule has 0 saturated carbocycles. The van der Waals surface area contributed by atoms with Gasteiger partial charge in [0.1, 0.15) is 12.4 Å². The fourth-order valence-corrected chi connectivity index (χ4v) is 3.62. The minimum atomic E-state index is 0.571. The molecule has 24 heavy (non-hydrogen) atoms. The second-order valence-electron chi connectivity index (χ2n) is 5.95. The lowest BCUT2D eigenvalue weighted by Crippen LogP contribution is -2.38. The summed E-state index contributed by atoms with van der Waals surface area (Å²) in [6, 6.07) is 4.26. The highest BCUT2D eigenvalue weighted by Gasteiger charge is 2.14. The van der Waals surface area contributed by atoms with Crippen LogP contribution in [0.3, 0.4) is 0 Å². The first-order valence-corrected chi connectivity index (χ1v) is 9.70. The molecular weight excluding hydrogens is 320 g/mol. The molecule has 2 aromatic rings. The molecule has 130 valence electrons. The Kier molecular flexibility index (Phi) is 6.23. The summed E-state index contributed by atoms with van der Waals surface area (Å²) in [5.74, 6) is 2.94. The Morgan fingerprint density at radius 1 is 1.29 bits per heavy atom. The maximum absolute atomic E-state index is 4.69. The zero-order chi connectivity index (χ0) is 16.6. The van der Waals surface area contributed by atoms with Gasteiger partial charge >= 0.3 is 0 Å². The van der Waals surface area contributed by atoms with E-state index in [-0.39, 0.29) is 0 Å². The highest BCUT2D eigenvalue weighted by molar-refractivity contribution is 7.09. The van der Waals surface area contributed by atoms with Crippen LogP contribution in [0.4, 0.5) is 0 Å². The zero-order valence-electron chi connectivity index (χ0n) is 14.3. The van der Waals surface area contributed by atoms with Gasteiger partial charge in [-0.3, -0.25) is 0 Å². The normalized spacial score (nSPS) is 15.0. The molecule has 0 radical (unpaired) electrons. The number of thiophene rings is 1. The highest BCUT2D eigenvalue weighted by Crippen LogP contribution is 2.14. The number of hydrogen-bond acceptors (Lipinski definition) is 4. The maximum Gasteiger partial charge on any atom is 0.191 e. The van der Waals surface area contributed by atoms with Crippen LogP contribution >= 0.6 is 11.3 Å². The van der Waals surface area contributed by atoms with E-state index < -0.39 is 0 Å². The zero-order valence-corrected chi connectivity index (χ0v) is 15.1. The third kappa shape index (κ3) is 4.56. The van der Waals surface area contributed by atoms with Crippen LogP contribution in [0.2, 0.25) is 0 Å². The second-order valence-corrected chi connectivity index (χ2v) is 6.98. The Morgan fingerprint density at radius 2 is 2.25 bits per heavy atom. The Morgan fingerprint density at radius 3 is 3.08 bits per heavy atom. The molecule has 0 unspecified atom stereocenters. The van der Waals surface area contributed by atoms with Gasteiger partial charge < -0.3 is 15.2 Å². The second kappa shape index (κ2) is 8.82. The SMILES string of the molecule is CCNC(=NCc1nnc2n1CCCCC2)NCCc1cccs1. The lowest BCUT2D eigenvalue weighted by Gasteiger charge is -2.11. The molecule has 0 aromatic carbocycles. The van der Waals surface area contributed by atoms with E-state index in [2.05, 4.69) is 54.8 Å². The predicted octanol–water partition coefficient (Wildman–Crippen LogP) is 2.36. The topological polar surface area (TPSA) is 67.1 Å². The van der Waals surface area contributed by atoms with Crippen molar-refractivity contribution in [2.45, 2.75) is 52.1 Å². The van der Waals surface area contributed by atoms with Crippen LogP contribution in [-0.2, 0) is 25.9 Å². The van der Waals surface area contributed by atoms with Crippen LogP contribution in [0.25, 0.3) is 0 Å². The average Bonchev–Trinajstić information content (AvgIpc) is 3.17. The molecule has 1 aliphatic rings. The van der Waals surface area contributed by atoms with Gasteiger partial charge in [0.25, 0.3) is 0 Å². The minimum absolute atomic E-state index is 0.571. The number of aliphatic imine (C=N–C) groups is 1. The van der Waals surface area contributed by atoms with Crippen LogP contribution in [0.1, 0.15) is 42.7 Å². The summed E-state index contributed by atoms with van der Waals surface area (Å²) < 4.78 is 2.26. The quantitative estimate of drug-likeness (QED) is 0.622. The van der Waals surface area contributed by atoms with Crippen molar-refractivity contribution in [3.8, 4) is 0 Å². The summed E-state index contributed by atoms with van der Waals surface area (Å²) in [6.45, 7) is 5.41. The van der Waals surface area contributed by atoms with Gasteiger partial charge in [-0.1, -0.05) is 12.5 Å². The Labute approximate surface area is 147 Å². The Hall–Kier alpha value is -1.89. The molecule has 2 aromatic heterocycles. The number of nitrogens with one attached hydrogen (secondary N) is 2. The molecule has 3 rings (SSSR count). The molecule has 7 heteroatoms. The van der Waals surface area contributed by atoms with Crippen molar-refractivity contribution in [2.75, 3.05) is 13.1 Å². The van der Waals surface area contributed by atoms with E-state index in [0.717, 1.165) is 50.1 Å². The lowest BCUT2D eigenvalue weighted by atomic mass is 10.2. The van der Waals surface area contributed by atoms with Gasteiger partial charge in [-0.15, -0.1) is 21.5 Å². The molecular formula is C17H26N6S. The van der Waals surface area contributed by atoms with E-state index in [1.807, 2.05) is 0 Å². The third-order valence-corrected chi connectivity index (χ3v) is 5.09. The van der Waals surface area contributed by atoms with E-state index in [1.165, 1.54) is 24.1 Å². The average molecular weight is 347 g/mol. The number of aromatic nitrogens is 3. The fraction of sp³-hybridized carbons (Fsp3) is 0.588. The largest absolute Gasteiger partial charge is 0.357 e. The summed E-state index contributed by atoms with van der Waals surface area (Å²) in [7, 11) is 0. The Bertz CT molecular complexity index is 646. The number of hydrogen-bond donors (Lipinski definition) is 2. The van der Waals surface area contributed by atoms with E-state index in [9.17, 15) is 0 Å². The van der Waals surface area contributed by atoms with Crippen molar-refractivity contribution < 1.29 is 0 Å².